The van der Waals surface area contributed by atoms with E-state index in [2.05, 4.69) is 44.3 Å². The molecule has 3 N–H and O–H groups in total. The maximum absolute atomic E-state index is 11.3. The fourth-order valence-electron chi connectivity index (χ4n) is 6.21. The number of para-hydroxylation sites is 1. The number of hydrogen-bond acceptors (Lipinski definition) is 7. The van der Waals surface area contributed by atoms with Gasteiger partial charge < -0.3 is 20.3 Å². The number of aromatic nitrogens is 5. The lowest BCUT2D eigenvalue weighted by molar-refractivity contribution is 0.0143. The van der Waals surface area contributed by atoms with Gasteiger partial charge in [-0.2, -0.15) is 0 Å². The van der Waals surface area contributed by atoms with Crippen LogP contribution < -0.4 is 10.2 Å². The van der Waals surface area contributed by atoms with Crippen LogP contribution in [-0.2, 0) is 0 Å². The number of nitrogens with one attached hydrogen (secondary N) is 2. The highest BCUT2D eigenvalue weighted by Crippen LogP contribution is 2.43. The minimum absolute atomic E-state index is 0.0762. The zero-order valence-electron chi connectivity index (χ0n) is 21.2. The Kier molecular flexibility index (Phi) is 5.16. The first kappa shape index (κ1) is 22.6. The Morgan fingerprint density at radius 3 is 2.73 bits per heavy atom. The summed E-state index contributed by atoms with van der Waals surface area (Å²) >= 11 is 0. The van der Waals surface area contributed by atoms with Crippen LogP contribution in [0.15, 0.2) is 48.9 Å². The predicted molar refractivity (Wildman–Crippen MR) is 147 cm³/mol. The summed E-state index contributed by atoms with van der Waals surface area (Å²) in [6, 6.07) is 10.2. The third kappa shape index (κ3) is 3.58. The third-order valence-corrected chi connectivity index (χ3v) is 8.40. The molecule has 1 aromatic carbocycles. The molecule has 7 rings (SSSR count). The summed E-state index contributed by atoms with van der Waals surface area (Å²) < 4.78 is 0. The van der Waals surface area contributed by atoms with E-state index >= 15 is 0 Å². The van der Waals surface area contributed by atoms with Crippen LogP contribution in [0, 0.1) is 0 Å². The molecular formula is C29H31N7O. The molecule has 8 nitrogen and oxygen atoms in total. The van der Waals surface area contributed by atoms with E-state index in [0.29, 0.717) is 18.3 Å². The van der Waals surface area contributed by atoms with Crippen molar-refractivity contribution in [1.29, 1.82) is 0 Å². The Bertz CT molecular complexity index is 1640. The number of anilines is 1. The van der Waals surface area contributed by atoms with Crippen molar-refractivity contribution < 1.29 is 5.11 Å². The topological polar surface area (TPSA) is 103 Å². The van der Waals surface area contributed by atoms with Gasteiger partial charge in [0.1, 0.15) is 11.5 Å². The Morgan fingerprint density at radius 1 is 1.05 bits per heavy atom. The van der Waals surface area contributed by atoms with Gasteiger partial charge >= 0.3 is 0 Å². The first-order chi connectivity index (χ1) is 18.0. The van der Waals surface area contributed by atoms with E-state index in [4.69, 9.17) is 9.97 Å². The summed E-state index contributed by atoms with van der Waals surface area (Å²) in [5.74, 6) is 1.99. The average molecular weight is 494 g/mol. The number of hydrogen-bond donors (Lipinski definition) is 3. The highest BCUT2D eigenvalue weighted by atomic mass is 16.3. The second-order valence-electron chi connectivity index (χ2n) is 10.8. The van der Waals surface area contributed by atoms with Gasteiger partial charge in [-0.05, 0) is 56.3 Å². The molecule has 5 heterocycles. The van der Waals surface area contributed by atoms with Gasteiger partial charge in [-0.1, -0.05) is 24.6 Å². The number of pyridine rings is 2. The number of β-amino-alcohol motifs (C(OH)–C–C–N with tert-alkyl or cyclic N) is 1. The molecule has 1 saturated carbocycles. The molecule has 0 bridgehead atoms. The fourth-order valence-corrected chi connectivity index (χ4v) is 6.21. The SMILES string of the molecule is CN(c1nc(-c2ccnc3[nH]c4ccccc4c23)nc2cncc(C3CCC3)c12)C1CCNCC1(C)O. The van der Waals surface area contributed by atoms with Gasteiger partial charge in [0, 0.05) is 53.2 Å². The molecule has 2 atom stereocenters. The molecule has 1 aliphatic carbocycles. The maximum atomic E-state index is 11.3. The number of piperidine rings is 1. The number of rotatable bonds is 4. The number of H-pyrrole nitrogens is 1. The van der Waals surface area contributed by atoms with E-state index in [0.717, 1.165) is 70.0 Å². The molecule has 37 heavy (non-hydrogen) atoms. The molecule has 188 valence electrons. The van der Waals surface area contributed by atoms with Crippen molar-refractivity contribution in [2.45, 2.75) is 50.2 Å². The molecule has 0 spiro atoms. The standard InChI is InChI=1S/C29H31N7O/c1-29(37)16-30-12-11-23(29)36(2)28-25-20(17-6-5-7-17)14-31-15-22(25)34-26(35-28)19-10-13-32-27-24(19)18-8-3-4-9-21(18)33-27/h3-4,8-10,13-15,17,23,30,37H,5-7,11-12,16H2,1-2H3,(H,32,33). The van der Waals surface area contributed by atoms with Crippen LogP contribution in [0.1, 0.15) is 44.1 Å². The molecule has 2 aliphatic rings. The van der Waals surface area contributed by atoms with Crippen LogP contribution >= 0.6 is 0 Å². The third-order valence-electron chi connectivity index (χ3n) is 8.40. The van der Waals surface area contributed by atoms with Crippen molar-refractivity contribution in [2.24, 2.45) is 0 Å². The molecule has 4 aromatic heterocycles. The first-order valence-corrected chi connectivity index (χ1v) is 13.2. The van der Waals surface area contributed by atoms with Crippen molar-refractivity contribution in [3.05, 3.63) is 54.5 Å². The molecule has 2 unspecified atom stereocenters. The van der Waals surface area contributed by atoms with E-state index < -0.39 is 5.60 Å². The quantitative estimate of drug-likeness (QED) is 0.338. The molecule has 5 aromatic rings. The van der Waals surface area contributed by atoms with E-state index in [1.165, 1.54) is 12.0 Å². The van der Waals surface area contributed by atoms with Crippen molar-refractivity contribution in [3.63, 3.8) is 0 Å². The number of likely N-dealkylation sites (N-methyl/N-ethyl adjacent to an activating group) is 1. The van der Waals surface area contributed by atoms with Crippen molar-refractivity contribution >= 4 is 38.7 Å². The molecule has 1 aliphatic heterocycles. The molecule has 1 saturated heterocycles. The molecule has 0 radical (unpaired) electrons. The number of fused-ring (bicyclic) bond motifs is 4. The van der Waals surface area contributed by atoms with Crippen LogP contribution in [0.2, 0.25) is 0 Å². The normalized spacial score (nSPS) is 22.5. The average Bonchev–Trinajstić information content (AvgIpc) is 3.25. The van der Waals surface area contributed by atoms with E-state index in [1.54, 1.807) is 0 Å². The minimum atomic E-state index is -0.880. The highest BCUT2D eigenvalue weighted by Gasteiger charge is 2.39. The van der Waals surface area contributed by atoms with Crippen LogP contribution in [0.25, 0.3) is 44.2 Å². The zero-order valence-corrected chi connectivity index (χ0v) is 21.2. The van der Waals surface area contributed by atoms with E-state index in [-0.39, 0.29) is 6.04 Å². The first-order valence-electron chi connectivity index (χ1n) is 13.2. The largest absolute Gasteiger partial charge is 0.387 e. The molecular weight excluding hydrogens is 462 g/mol. The lowest BCUT2D eigenvalue weighted by Crippen LogP contribution is -2.59. The number of nitrogens with zero attached hydrogens (tertiary/aromatic N) is 5. The highest BCUT2D eigenvalue weighted by molar-refractivity contribution is 6.12. The predicted octanol–water partition coefficient (Wildman–Crippen LogP) is 4.54. The number of aliphatic hydroxyl groups is 1. The monoisotopic (exact) mass is 493 g/mol. The summed E-state index contributed by atoms with van der Waals surface area (Å²) in [6.07, 6.45) is 10.1. The Labute approximate surface area is 215 Å². The second kappa shape index (κ2) is 8.46. The number of aromatic amines is 1. The summed E-state index contributed by atoms with van der Waals surface area (Å²) in [7, 11) is 2.06. The minimum Gasteiger partial charge on any atom is -0.387 e. The van der Waals surface area contributed by atoms with Gasteiger partial charge in [-0.3, -0.25) is 4.98 Å². The summed E-state index contributed by atoms with van der Waals surface area (Å²) in [5, 5.41) is 17.8. The number of benzene rings is 1. The van der Waals surface area contributed by atoms with Crippen LogP contribution in [-0.4, -0.2) is 61.8 Å². The van der Waals surface area contributed by atoms with Gasteiger partial charge in [0.05, 0.1) is 23.4 Å². The van der Waals surface area contributed by atoms with Crippen molar-refractivity contribution in [1.82, 2.24) is 30.2 Å². The Hall–Kier alpha value is -3.62. The van der Waals surface area contributed by atoms with Crippen molar-refractivity contribution in [2.75, 3.05) is 25.0 Å². The Balaban J connectivity index is 1.49. The Morgan fingerprint density at radius 2 is 1.92 bits per heavy atom. The summed E-state index contributed by atoms with van der Waals surface area (Å²) in [5.41, 5.74) is 3.97. The van der Waals surface area contributed by atoms with E-state index in [1.807, 2.05) is 43.7 Å². The van der Waals surface area contributed by atoms with Gasteiger partial charge in [0.15, 0.2) is 5.82 Å². The van der Waals surface area contributed by atoms with Gasteiger partial charge in [-0.15, -0.1) is 0 Å². The van der Waals surface area contributed by atoms with Crippen LogP contribution in [0.5, 0.6) is 0 Å². The lowest BCUT2D eigenvalue weighted by Gasteiger charge is -2.43. The fraction of sp³-hybridized carbons (Fsp3) is 0.379. The second-order valence-corrected chi connectivity index (χ2v) is 10.8. The summed E-state index contributed by atoms with van der Waals surface area (Å²) in [6.45, 7) is 3.32. The molecule has 0 amide bonds. The van der Waals surface area contributed by atoms with Crippen LogP contribution in [0.4, 0.5) is 5.82 Å². The molecule has 2 fully saturated rings. The summed E-state index contributed by atoms with van der Waals surface area (Å²) in [4.78, 5) is 25.2. The lowest BCUT2D eigenvalue weighted by atomic mass is 9.79. The van der Waals surface area contributed by atoms with Gasteiger partial charge in [-0.25, -0.2) is 15.0 Å². The van der Waals surface area contributed by atoms with Crippen LogP contribution in [0.3, 0.4) is 0 Å². The van der Waals surface area contributed by atoms with Gasteiger partial charge in [0.25, 0.3) is 0 Å². The molecule has 8 heteroatoms. The van der Waals surface area contributed by atoms with E-state index in [9.17, 15) is 5.11 Å². The van der Waals surface area contributed by atoms with Gasteiger partial charge in [0.2, 0.25) is 0 Å². The smallest absolute Gasteiger partial charge is 0.163 e. The maximum Gasteiger partial charge on any atom is 0.163 e. The zero-order chi connectivity index (χ0) is 25.1. The van der Waals surface area contributed by atoms with Crippen molar-refractivity contribution in [3.8, 4) is 11.4 Å².